The van der Waals surface area contributed by atoms with Crippen molar-refractivity contribution in [1.29, 1.82) is 0 Å². The summed E-state index contributed by atoms with van der Waals surface area (Å²) in [5, 5.41) is 27.1. The topological polar surface area (TPSA) is 235 Å². The third-order valence-electron chi connectivity index (χ3n) is 5.51. The Kier molecular flexibility index (Phi) is 13.0. The Bertz CT molecular complexity index is 935. The minimum atomic E-state index is -1.46. The van der Waals surface area contributed by atoms with Crippen LogP contribution >= 0.6 is 0 Å². The minimum absolute atomic E-state index is 0.00807. The molecule has 1 aromatic rings. The second-order valence-corrected chi connectivity index (χ2v) is 9.10. The van der Waals surface area contributed by atoms with Gasteiger partial charge in [-0.05, 0) is 31.2 Å². The fraction of sp³-hybridized carbons (Fsp3) is 0.542. The van der Waals surface area contributed by atoms with Gasteiger partial charge in [0.25, 0.3) is 0 Å². The predicted octanol–water partition coefficient (Wildman–Crippen LogP) is -1.81. The van der Waals surface area contributed by atoms with Gasteiger partial charge in [-0.1, -0.05) is 44.2 Å². The number of amides is 3. The maximum Gasteiger partial charge on any atom is 0.326 e. The number of carbonyl (C=O) groups is 4. The molecule has 0 aliphatic heterocycles. The Balaban J connectivity index is 2.85. The van der Waals surface area contributed by atoms with Crippen molar-refractivity contribution in [3.05, 3.63) is 35.9 Å². The number of hydrogen-bond acceptors (Lipinski definition) is 7. The molecule has 0 unspecified atom stereocenters. The van der Waals surface area contributed by atoms with Gasteiger partial charge >= 0.3 is 5.97 Å². The van der Waals surface area contributed by atoms with Crippen LogP contribution < -0.4 is 33.2 Å². The standard InChI is InChI=1S/C24H39N7O6/c1-13(2)18(30-20(33)16(25)10-7-11-28-24(26)27)21(34)31-19(14(3)32)22(35)29-17(23(36)37)12-15-8-5-4-6-9-15/h4-6,8-9,13-14,16-19,32H,7,10-12,25H2,1-3H3,(H,29,35)(H,30,33)(H,31,34)(H,36,37)(H4,26,27,28)/t14-,16-,17-,18+,19+/m1/s1. The molecule has 0 radical (unpaired) electrons. The van der Waals surface area contributed by atoms with Crippen molar-refractivity contribution in [3.63, 3.8) is 0 Å². The number of aliphatic hydroxyl groups excluding tert-OH is 1. The number of carbonyl (C=O) groups excluding carboxylic acids is 3. The number of nitrogens with one attached hydrogen (secondary N) is 3. The summed E-state index contributed by atoms with van der Waals surface area (Å²) in [5.41, 5.74) is 17.1. The highest BCUT2D eigenvalue weighted by molar-refractivity contribution is 5.94. The molecule has 0 spiro atoms. The average molecular weight is 522 g/mol. The van der Waals surface area contributed by atoms with E-state index in [4.69, 9.17) is 17.2 Å². The molecule has 0 aliphatic rings. The summed E-state index contributed by atoms with van der Waals surface area (Å²) in [6, 6.07) is 3.96. The van der Waals surface area contributed by atoms with Crippen LogP contribution in [0.4, 0.5) is 0 Å². The molecule has 0 bridgehead atoms. The molecule has 13 nitrogen and oxygen atoms in total. The summed E-state index contributed by atoms with van der Waals surface area (Å²) in [7, 11) is 0. The van der Waals surface area contributed by atoms with Crippen molar-refractivity contribution in [2.24, 2.45) is 28.1 Å². The van der Waals surface area contributed by atoms with E-state index < -0.39 is 54.0 Å². The highest BCUT2D eigenvalue weighted by Crippen LogP contribution is 2.07. The van der Waals surface area contributed by atoms with Crippen molar-refractivity contribution in [3.8, 4) is 0 Å². The summed E-state index contributed by atoms with van der Waals surface area (Å²) in [6.07, 6.45) is -0.625. The molecule has 0 aliphatic carbocycles. The number of hydrogen-bond donors (Lipinski definition) is 8. The molecule has 1 rings (SSSR count). The molecule has 37 heavy (non-hydrogen) atoms. The first-order chi connectivity index (χ1) is 17.3. The molecular formula is C24H39N7O6. The van der Waals surface area contributed by atoms with E-state index in [-0.39, 0.29) is 24.7 Å². The minimum Gasteiger partial charge on any atom is -0.480 e. The lowest BCUT2D eigenvalue weighted by Crippen LogP contribution is -2.61. The molecule has 206 valence electrons. The average Bonchev–Trinajstić information content (AvgIpc) is 2.82. The van der Waals surface area contributed by atoms with Crippen molar-refractivity contribution in [2.45, 2.75) is 70.3 Å². The van der Waals surface area contributed by atoms with Crippen molar-refractivity contribution in [2.75, 3.05) is 6.54 Å². The first-order valence-corrected chi connectivity index (χ1v) is 12.0. The molecular weight excluding hydrogens is 482 g/mol. The van der Waals surface area contributed by atoms with E-state index in [9.17, 15) is 29.4 Å². The number of guanidine groups is 1. The Hall–Kier alpha value is -3.71. The van der Waals surface area contributed by atoms with Gasteiger partial charge < -0.3 is 43.4 Å². The van der Waals surface area contributed by atoms with Crippen LogP contribution in [0.1, 0.15) is 39.2 Å². The SMILES string of the molecule is CC(C)[C@H](NC(=O)[C@H](N)CCCN=C(N)N)C(=O)N[C@H](C(=O)N[C@H](Cc1ccccc1)C(=O)O)[C@@H](C)O. The van der Waals surface area contributed by atoms with E-state index in [0.717, 1.165) is 0 Å². The van der Waals surface area contributed by atoms with Crippen LogP contribution in [0.3, 0.4) is 0 Å². The molecule has 5 atom stereocenters. The van der Waals surface area contributed by atoms with E-state index in [1.165, 1.54) is 6.92 Å². The third kappa shape index (κ3) is 11.3. The molecule has 0 saturated carbocycles. The van der Waals surface area contributed by atoms with Crippen LogP contribution in [0.5, 0.6) is 0 Å². The van der Waals surface area contributed by atoms with Gasteiger partial charge in [-0.3, -0.25) is 19.4 Å². The maximum absolute atomic E-state index is 13.0. The number of aliphatic imine (C=N–C) groups is 1. The largest absolute Gasteiger partial charge is 0.480 e. The van der Waals surface area contributed by atoms with Gasteiger partial charge in [-0.25, -0.2) is 4.79 Å². The van der Waals surface area contributed by atoms with Crippen LogP contribution in [-0.4, -0.2) is 76.7 Å². The quantitative estimate of drug-likeness (QED) is 0.0736. The fourth-order valence-electron chi connectivity index (χ4n) is 3.41. The number of benzene rings is 1. The lowest BCUT2D eigenvalue weighted by Gasteiger charge is -2.28. The van der Waals surface area contributed by atoms with Crippen LogP contribution in [0, 0.1) is 5.92 Å². The van der Waals surface area contributed by atoms with Gasteiger partial charge in [-0.15, -0.1) is 0 Å². The molecule has 0 aromatic heterocycles. The zero-order valence-electron chi connectivity index (χ0n) is 21.4. The Morgan fingerprint density at radius 3 is 2.00 bits per heavy atom. The van der Waals surface area contributed by atoms with E-state index in [0.29, 0.717) is 18.5 Å². The van der Waals surface area contributed by atoms with Crippen LogP contribution in [0.15, 0.2) is 35.3 Å². The molecule has 1 aromatic carbocycles. The van der Waals surface area contributed by atoms with Crippen LogP contribution in [0.25, 0.3) is 0 Å². The Morgan fingerprint density at radius 1 is 0.919 bits per heavy atom. The highest BCUT2D eigenvalue weighted by Gasteiger charge is 2.33. The fourth-order valence-corrected chi connectivity index (χ4v) is 3.41. The summed E-state index contributed by atoms with van der Waals surface area (Å²) in [5.74, 6) is -3.91. The van der Waals surface area contributed by atoms with E-state index in [1.54, 1.807) is 44.2 Å². The van der Waals surface area contributed by atoms with E-state index in [2.05, 4.69) is 20.9 Å². The number of carboxylic acid groups (broad SMARTS) is 1. The predicted molar refractivity (Wildman–Crippen MR) is 138 cm³/mol. The van der Waals surface area contributed by atoms with Gasteiger partial charge in [0.1, 0.15) is 18.1 Å². The molecule has 0 heterocycles. The number of aliphatic hydroxyl groups is 1. The van der Waals surface area contributed by atoms with Crippen LogP contribution in [-0.2, 0) is 25.6 Å². The first kappa shape index (κ1) is 31.3. The third-order valence-corrected chi connectivity index (χ3v) is 5.51. The van der Waals surface area contributed by atoms with E-state index >= 15 is 0 Å². The maximum atomic E-state index is 13.0. The number of nitrogens with zero attached hydrogens (tertiary/aromatic N) is 1. The number of aliphatic carboxylic acids is 1. The second-order valence-electron chi connectivity index (χ2n) is 9.10. The van der Waals surface area contributed by atoms with Gasteiger partial charge in [-0.2, -0.15) is 0 Å². The molecule has 3 amide bonds. The summed E-state index contributed by atoms with van der Waals surface area (Å²) < 4.78 is 0. The first-order valence-electron chi connectivity index (χ1n) is 12.0. The van der Waals surface area contributed by atoms with Crippen LogP contribution in [0.2, 0.25) is 0 Å². The smallest absolute Gasteiger partial charge is 0.326 e. The van der Waals surface area contributed by atoms with Gasteiger partial charge in [0.2, 0.25) is 17.7 Å². The van der Waals surface area contributed by atoms with Crippen molar-refractivity contribution >= 4 is 29.7 Å². The Labute approximate surface area is 216 Å². The van der Waals surface area contributed by atoms with Gasteiger partial charge in [0.05, 0.1) is 12.1 Å². The lowest BCUT2D eigenvalue weighted by molar-refractivity contribution is -0.143. The Morgan fingerprint density at radius 2 is 1.49 bits per heavy atom. The molecule has 0 fully saturated rings. The normalized spacial score (nSPS) is 15.0. The number of nitrogens with two attached hydrogens (primary N) is 3. The summed E-state index contributed by atoms with van der Waals surface area (Å²) >= 11 is 0. The van der Waals surface area contributed by atoms with Gasteiger partial charge in [0.15, 0.2) is 5.96 Å². The number of carboxylic acids is 1. The van der Waals surface area contributed by atoms with E-state index in [1.807, 2.05) is 0 Å². The molecule has 11 N–H and O–H groups in total. The highest BCUT2D eigenvalue weighted by atomic mass is 16.4. The monoisotopic (exact) mass is 521 g/mol. The second kappa shape index (κ2) is 15.4. The zero-order valence-corrected chi connectivity index (χ0v) is 21.4. The van der Waals surface area contributed by atoms with Crippen molar-refractivity contribution in [1.82, 2.24) is 16.0 Å². The lowest BCUT2D eigenvalue weighted by atomic mass is 10.0. The van der Waals surface area contributed by atoms with Crippen molar-refractivity contribution < 1.29 is 29.4 Å². The zero-order chi connectivity index (χ0) is 28.1. The summed E-state index contributed by atoms with van der Waals surface area (Å²) in [6.45, 7) is 4.95. The molecule has 0 saturated heterocycles. The number of rotatable bonds is 15. The van der Waals surface area contributed by atoms with Gasteiger partial charge in [0, 0.05) is 13.0 Å². The molecule has 13 heteroatoms. The summed E-state index contributed by atoms with van der Waals surface area (Å²) in [4.78, 5) is 53.9.